The molecule has 0 aliphatic rings. The number of hydrogen-bond donors (Lipinski definition) is 0. The van der Waals surface area contributed by atoms with Gasteiger partial charge in [-0.3, -0.25) is 0 Å². The average Bonchev–Trinajstić information content (AvgIpc) is 2.20. The van der Waals surface area contributed by atoms with Crippen molar-refractivity contribution < 1.29 is 0 Å². The van der Waals surface area contributed by atoms with E-state index in [1.165, 1.54) is 36.5 Å². The molecule has 0 heterocycles. The molecular weight excluding hydrogens is 342 g/mol. The van der Waals surface area contributed by atoms with Crippen LogP contribution in [-0.4, -0.2) is 15.4 Å². The Labute approximate surface area is 127 Å². The molecule has 0 saturated carbocycles. The largest absolute Gasteiger partial charge is 0.247 e. The standard InChI is InChI=1S/C9H18Cl3PS3/c1-3-5-7-13(14,8-6-4-2)16-15-9(10,11)12/h3-8H2,1-2H3. The van der Waals surface area contributed by atoms with Gasteiger partial charge in [0.1, 0.15) is 0 Å². The molecule has 0 atom stereocenters. The highest BCUT2D eigenvalue weighted by Crippen LogP contribution is 2.68. The van der Waals surface area contributed by atoms with Crippen molar-refractivity contribution >= 4 is 73.1 Å². The molecule has 98 valence electrons. The molecule has 16 heavy (non-hydrogen) atoms. The minimum absolute atomic E-state index is 1.12. The monoisotopic (exact) mass is 358 g/mol. The molecule has 0 aliphatic heterocycles. The summed E-state index contributed by atoms with van der Waals surface area (Å²) in [5, 5.41) is -1.39. The summed E-state index contributed by atoms with van der Waals surface area (Å²) in [5.74, 6) is 0. The van der Waals surface area contributed by atoms with Crippen molar-refractivity contribution in [3.8, 4) is 0 Å². The number of halogens is 3. The first-order valence-corrected chi connectivity index (χ1v) is 12.4. The minimum Gasteiger partial charge on any atom is -0.0851 e. The van der Waals surface area contributed by atoms with Gasteiger partial charge in [-0.05, 0) is 36.0 Å². The third-order valence-corrected chi connectivity index (χ3v) is 14.8. The van der Waals surface area contributed by atoms with Crippen molar-refractivity contribution in [2.75, 3.05) is 12.3 Å². The number of unbranched alkanes of at least 4 members (excludes halogenated alkanes) is 2. The first-order chi connectivity index (χ1) is 7.33. The van der Waals surface area contributed by atoms with Crippen LogP contribution >= 0.6 is 61.3 Å². The minimum atomic E-state index is -1.39. The fourth-order valence-corrected chi connectivity index (χ4v) is 12.4. The Morgan fingerprint density at radius 1 is 1.06 bits per heavy atom. The molecule has 0 nitrogen and oxygen atoms in total. The van der Waals surface area contributed by atoms with E-state index in [1.807, 2.05) is 0 Å². The van der Waals surface area contributed by atoms with Crippen LogP contribution in [0.2, 0.25) is 0 Å². The molecule has 0 rings (SSSR count). The quantitative estimate of drug-likeness (QED) is 0.269. The van der Waals surface area contributed by atoms with Crippen molar-refractivity contribution in [1.29, 1.82) is 0 Å². The van der Waals surface area contributed by atoms with Crippen LogP contribution in [0.4, 0.5) is 0 Å². The first-order valence-electron chi connectivity index (χ1n) is 5.35. The van der Waals surface area contributed by atoms with Gasteiger partial charge in [0, 0.05) is 5.24 Å². The molecule has 0 radical (unpaired) electrons. The Hall–Kier alpha value is 2.22. The summed E-state index contributed by atoms with van der Waals surface area (Å²) in [6.07, 6.45) is 6.99. The van der Waals surface area contributed by atoms with E-state index in [0.29, 0.717) is 0 Å². The normalized spacial score (nSPS) is 13.1. The predicted octanol–water partition coefficient (Wildman–Crippen LogP) is 6.69. The Morgan fingerprint density at radius 2 is 1.50 bits per heavy atom. The third kappa shape index (κ3) is 10.2. The molecule has 0 aromatic carbocycles. The van der Waals surface area contributed by atoms with Crippen molar-refractivity contribution in [1.82, 2.24) is 0 Å². The van der Waals surface area contributed by atoms with Gasteiger partial charge in [0.2, 0.25) is 3.12 Å². The molecule has 0 N–H and O–H groups in total. The Balaban J connectivity index is 4.23. The molecule has 0 unspecified atom stereocenters. The van der Waals surface area contributed by atoms with E-state index in [-0.39, 0.29) is 0 Å². The van der Waals surface area contributed by atoms with Gasteiger partial charge in [0.05, 0.1) is 0 Å². The van der Waals surface area contributed by atoms with Crippen LogP contribution in [0.1, 0.15) is 39.5 Å². The highest BCUT2D eigenvalue weighted by atomic mass is 35.6. The van der Waals surface area contributed by atoms with Gasteiger partial charge in [-0.25, -0.2) is 0 Å². The second kappa shape index (κ2) is 9.18. The van der Waals surface area contributed by atoms with Crippen LogP contribution in [0.3, 0.4) is 0 Å². The predicted molar refractivity (Wildman–Crippen MR) is 89.3 cm³/mol. The Morgan fingerprint density at radius 3 is 1.81 bits per heavy atom. The fourth-order valence-electron chi connectivity index (χ4n) is 1.09. The van der Waals surface area contributed by atoms with E-state index in [4.69, 9.17) is 46.6 Å². The van der Waals surface area contributed by atoms with Gasteiger partial charge in [-0.1, -0.05) is 83.7 Å². The molecule has 0 saturated heterocycles. The second-order valence-electron chi connectivity index (χ2n) is 3.57. The highest BCUT2D eigenvalue weighted by molar-refractivity contribution is 9.05. The number of alkyl halides is 3. The summed E-state index contributed by atoms with van der Waals surface area (Å²) in [6.45, 7) is 4.37. The number of rotatable bonds is 8. The van der Waals surface area contributed by atoms with E-state index in [0.717, 1.165) is 12.3 Å². The number of hydrogen-bond acceptors (Lipinski definition) is 3. The van der Waals surface area contributed by atoms with Gasteiger partial charge in [0.25, 0.3) is 0 Å². The molecule has 0 spiro atoms. The van der Waals surface area contributed by atoms with Gasteiger partial charge < -0.3 is 0 Å². The maximum absolute atomic E-state index is 5.78. The lowest BCUT2D eigenvalue weighted by Gasteiger charge is -2.22. The smallest absolute Gasteiger partial charge is 0.0851 e. The summed E-state index contributed by atoms with van der Waals surface area (Å²) < 4.78 is -1.24. The summed E-state index contributed by atoms with van der Waals surface area (Å²) in [6, 6.07) is 0. The summed E-state index contributed by atoms with van der Waals surface area (Å²) in [7, 11) is 2.96. The Kier molecular flexibility index (Phi) is 10.4. The van der Waals surface area contributed by atoms with Crippen LogP contribution < -0.4 is 0 Å². The van der Waals surface area contributed by atoms with Crippen LogP contribution in [-0.2, 0) is 11.8 Å². The fraction of sp³-hybridized carbons (Fsp3) is 1.00. The van der Waals surface area contributed by atoms with E-state index in [9.17, 15) is 0 Å². The van der Waals surface area contributed by atoms with Gasteiger partial charge in [-0.15, -0.1) is 0 Å². The molecule has 0 aliphatic carbocycles. The lowest BCUT2D eigenvalue weighted by atomic mass is 10.4. The highest BCUT2D eigenvalue weighted by Gasteiger charge is 2.26. The maximum Gasteiger partial charge on any atom is 0.247 e. The van der Waals surface area contributed by atoms with E-state index in [2.05, 4.69) is 13.8 Å². The van der Waals surface area contributed by atoms with Crippen molar-refractivity contribution in [3.05, 3.63) is 0 Å². The molecule has 0 bridgehead atoms. The third-order valence-electron chi connectivity index (χ3n) is 1.97. The van der Waals surface area contributed by atoms with Crippen LogP contribution in [0, 0.1) is 0 Å². The van der Waals surface area contributed by atoms with E-state index in [1.54, 1.807) is 10.4 Å². The summed E-state index contributed by atoms with van der Waals surface area (Å²) in [4.78, 5) is 0. The van der Waals surface area contributed by atoms with E-state index >= 15 is 0 Å². The first kappa shape index (κ1) is 18.2. The lowest BCUT2D eigenvalue weighted by Crippen LogP contribution is -1.94. The molecule has 0 aromatic heterocycles. The second-order valence-corrected chi connectivity index (χ2v) is 17.2. The van der Waals surface area contributed by atoms with Gasteiger partial charge in [0.15, 0.2) is 0 Å². The lowest BCUT2D eigenvalue weighted by molar-refractivity contribution is 0.872. The van der Waals surface area contributed by atoms with Crippen molar-refractivity contribution in [2.24, 2.45) is 0 Å². The van der Waals surface area contributed by atoms with Gasteiger partial charge in [-0.2, -0.15) is 0 Å². The molecule has 7 heteroatoms. The zero-order valence-corrected chi connectivity index (χ0v) is 15.2. The molecule has 0 aromatic rings. The van der Waals surface area contributed by atoms with Crippen molar-refractivity contribution in [2.45, 2.75) is 42.7 Å². The summed E-state index contributed by atoms with van der Waals surface area (Å²) >= 11 is 23.0. The zero-order chi connectivity index (χ0) is 12.7. The SMILES string of the molecule is CCCCP(=S)(CCCC)SSC(Cl)(Cl)Cl. The zero-order valence-electron chi connectivity index (χ0n) is 9.55. The molecule has 0 fully saturated rings. The van der Waals surface area contributed by atoms with Crippen LogP contribution in [0.5, 0.6) is 0 Å². The average molecular weight is 360 g/mol. The molecular formula is C9H18Cl3PS3. The van der Waals surface area contributed by atoms with Gasteiger partial charge >= 0.3 is 0 Å². The van der Waals surface area contributed by atoms with E-state index < -0.39 is 8.36 Å². The summed E-state index contributed by atoms with van der Waals surface area (Å²) in [5.41, 5.74) is 0. The van der Waals surface area contributed by atoms with Crippen LogP contribution in [0.25, 0.3) is 0 Å². The Bertz CT molecular complexity index is 219. The van der Waals surface area contributed by atoms with Crippen molar-refractivity contribution in [3.63, 3.8) is 0 Å². The van der Waals surface area contributed by atoms with Crippen LogP contribution in [0.15, 0.2) is 0 Å². The molecule has 0 amide bonds. The maximum atomic E-state index is 5.78. The topological polar surface area (TPSA) is 0 Å².